The molecule has 0 N–H and O–H groups in total. The number of carbonyl (C=O) groups is 1. The maximum absolute atomic E-state index is 14.3. The van der Waals surface area contributed by atoms with Crippen LogP contribution in [0.15, 0.2) is 43.2 Å². The second-order valence-corrected chi connectivity index (χ2v) is 6.60. The van der Waals surface area contributed by atoms with E-state index in [0.717, 1.165) is 12.4 Å². The summed E-state index contributed by atoms with van der Waals surface area (Å²) in [4.78, 5) is 23.1. The van der Waals surface area contributed by atoms with Gasteiger partial charge < -0.3 is 9.47 Å². The molecule has 1 amide bonds. The minimum Gasteiger partial charge on any atom is -0.333 e. The van der Waals surface area contributed by atoms with Crippen LogP contribution in [0.25, 0.3) is 0 Å². The molecule has 0 radical (unpaired) electrons. The van der Waals surface area contributed by atoms with E-state index in [-0.39, 0.29) is 17.4 Å². The molecular weight excluding hydrogens is 335 g/mol. The Morgan fingerprint density at radius 2 is 2.23 bits per heavy atom. The summed E-state index contributed by atoms with van der Waals surface area (Å²) in [5, 5.41) is 4.16. The van der Waals surface area contributed by atoms with Crippen LogP contribution in [0.5, 0.6) is 0 Å². The van der Waals surface area contributed by atoms with Crippen molar-refractivity contribution >= 4 is 5.91 Å². The predicted molar refractivity (Wildman–Crippen MR) is 91.6 cm³/mol. The van der Waals surface area contributed by atoms with E-state index >= 15 is 0 Å². The number of aromatic nitrogens is 5. The van der Waals surface area contributed by atoms with Gasteiger partial charge >= 0.3 is 0 Å². The maximum atomic E-state index is 14.3. The average Bonchev–Trinajstić information content (AvgIpc) is 3.23. The van der Waals surface area contributed by atoms with E-state index < -0.39 is 5.82 Å². The average molecular weight is 354 g/mol. The Bertz CT molecular complexity index is 899. The molecule has 1 unspecified atom stereocenters. The Morgan fingerprint density at radius 1 is 1.35 bits per heavy atom. The molecule has 0 saturated carbocycles. The second-order valence-electron chi connectivity index (χ2n) is 6.60. The molecule has 7 nitrogen and oxygen atoms in total. The Kier molecular flexibility index (Phi) is 4.24. The van der Waals surface area contributed by atoms with Crippen molar-refractivity contribution in [3.8, 4) is 0 Å². The van der Waals surface area contributed by atoms with Gasteiger partial charge in [0, 0.05) is 37.9 Å². The van der Waals surface area contributed by atoms with Crippen molar-refractivity contribution < 1.29 is 9.18 Å². The smallest absolute Gasteiger partial charge is 0.257 e. The number of imidazole rings is 1. The molecule has 0 aliphatic carbocycles. The van der Waals surface area contributed by atoms with Gasteiger partial charge in [-0.05, 0) is 18.6 Å². The summed E-state index contributed by atoms with van der Waals surface area (Å²) in [6.45, 7) is 3.94. The van der Waals surface area contributed by atoms with Gasteiger partial charge in [0.05, 0.1) is 12.1 Å². The number of aryl methyl sites for hydroxylation is 1. The van der Waals surface area contributed by atoms with Crippen molar-refractivity contribution in [1.82, 2.24) is 29.2 Å². The van der Waals surface area contributed by atoms with Crippen LogP contribution in [-0.2, 0) is 19.6 Å². The van der Waals surface area contributed by atoms with E-state index in [2.05, 4.69) is 15.1 Å². The van der Waals surface area contributed by atoms with Crippen LogP contribution in [0.2, 0.25) is 0 Å². The quantitative estimate of drug-likeness (QED) is 0.720. The molecule has 134 valence electrons. The first-order chi connectivity index (χ1) is 12.6. The van der Waals surface area contributed by atoms with Crippen LogP contribution < -0.4 is 0 Å². The third-order valence-electron chi connectivity index (χ3n) is 4.70. The first-order valence-corrected chi connectivity index (χ1v) is 8.48. The molecule has 4 rings (SSSR count). The Labute approximate surface area is 150 Å². The predicted octanol–water partition coefficient (Wildman–Crippen LogP) is 1.89. The Hall–Kier alpha value is -3.03. The summed E-state index contributed by atoms with van der Waals surface area (Å²) >= 11 is 0. The van der Waals surface area contributed by atoms with Crippen molar-refractivity contribution in [3.05, 3.63) is 66.0 Å². The topological polar surface area (TPSA) is 68.8 Å². The van der Waals surface area contributed by atoms with Gasteiger partial charge in [-0.3, -0.25) is 9.48 Å². The molecule has 1 aromatic carbocycles. The Balaban J connectivity index is 1.65. The molecule has 0 bridgehead atoms. The normalized spacial score (nSPS) is 17.0. The summed E-state index contributed by atoms with van der Waals surface area (Å²) in [5.74, 6) is 0.118. The molecule has 26 heavy (non-hydrogen) atoms. The number of rotatable bonds is 3. The van der Waals surface area contributed by atoms with Gasteiger partial charge in [0.2, 0.25) is 0 Å². The van der Waals surface area contributed by atoms with E-state index in [1.54, 1.807) is 41.2 Å². The van der Waals surface area contributed by atoms with Crippen LogP contribution in [0.4, 0.5) is 4.39 Å². The lowest BCUT2D eigenvalue weighted by atomic mass is 10.1. The third kappa shape index (κ3) is 3.10. The highest BCUT2D eigenvalue weighted by Crippen LogP contribution is 2.21. The SMILES string of the molecule is Cc1cccc(F)c1C(=O)N1Cc2nccn2CC(Cn2cncn2)C1. The largest absolute Gasteiger partial charge is 0.333 e. The van der Waals surface area contributed by atoms with Crippen LogP contribution in [0, 0.1) is 18.7 Å². The van der Waals surface area contributed by atoms with Crippen molar-refractivity contribution in [3.63, 3.8) is 0 Å². The molecule has 0 fully saturated rings. The number of halogens is 1. The molecule has 2 aromatic heterocycles. The van der Waals surface area contributed by atoms with Crippen LogP contribution in [-0.4, -0.2) is 41.7 Å². The Morgan fingerprint density at radius 3 is 3.00 bits per heavy atom. The first kappa shape index (κ1) is 16.4. The fraction of sp³-hybridized carbons (Fsp3) is 0.333. The molecular formula is C18H19FN6O. The monoisotopic (exact) mass is 354 g/mol. The van der Waals surface area contributed by atoms with Crippen LogP contribution in [0.3, 0.4) is 0 Å². The lowest BCUT2D eigenvalue weighted by Gasteiger charge is -2.25. The van der Waals surface area contributed by atoms with E-state index in [1.165, 1.54) is 12.4 Å². The van der Waals surface area contributed by atoms with Crippen LogP contribution in [0.1, 0.15) is 21.7 Å². The number of fused-ring (bicyclic) bond motifs is 1. The highest BCUT2D eigenvalue weighted by Gasteiger charge is 2.28. The zero-order valence-corrected chi connectivity index (χ0v) is 14.4. The first-order valence-electron chi connectivity index (χ1n) is 8.48. The molecule has 0 spiro atoms. The third-order valence-corrected chi connectivity index (χ3v) is 4.70. The number of nitrogens with zero attached hydrogens (tertiary/aromatic N) is 6. The number of benzene rings is 1. The maximum Gasteiger partial charge on any atom is 0.257 e. The summed E-state index contributed by atoms with van der Waals surface area (Å²) in [5.41, 5.74) is 0.766. The molecule has 1 atom stereocenters. The molecule has 3 heterocycles. The summed E-state index contributed by atoms with van der Waals surface area (Å²) in [7, 11) is 0. The highest BCUT2D eigenvalue weighted by molar-refractivity contribution is 5.95. The number of hydrogen-bond acceptors (Lipinski definition) is 4. The van der Waals surface area contributed by atoms with Gasteiger partial charge in [0.25, 0.3) is 5.91 Å². The van der Waals surface area contributed by atoms with Gasteiger partial charge in [-0.1, -0.05) is 12.1 Å². The van der Waals surface area contributed by atoms with Crippen molar-refractivity contribution in [1.29, 1.82) is 0 Å². The molecule has 8 heteroatoms. The van der Waals surface area contributed by atoms with Gasteiger partial charge in [-0.2, -0.15) is 5.10 Å². The minimum atomic E-state index is -0.490. The zero-order valence-electron chi connectivity index (χ0n) is 14.4. The van der Waals surface area contributed by atoms with E-state index in [4.69, 9.17) is 0 Å². The molecule has 3 aromatic rings. The fourth-order valence-corrected chi connectivity index (χ4v) is 3.46. The lowest BCUT2D eigenvalue weighted by molar-refractivity contribution is 0.0707. The molecule has 1 aliphatic rings. The van der Waals surface area contributed by atoms with Gasteiger partial charge in [-0.25, -0.2) is 14.4 Å². The van der Waals surface area contributed by atoms with E-state index in [0.29, 0.717) is 25.2 Å². The zero-order chi connectivity index (χ0) is 18.1. The summed E-state index contributed by atoms with van der Waals surface area (Å²) < 4.78 is 18.1. The number of amides is 1. The van der Waals surface area contributed by atoms with E-state index in [1.807, 2.05) is 10.8 Å². The molecule has 1 aliphatic heterocycles. The van der Waals surface area contributed by atoms with Crippen LogP contribution >= 0.6 is 0 Å². The lowest BCUT2D eigenvalue weighted by Crippen LogP contribution is -2.36. The fourth-order valence-electron chi connectivity index (χ4n) is 3.46. The summed E-state index contributed by atoms with van der Waals surface area (Å²) in [6, 6.07) is 4.69. The summed E-state index contributed by atoms with van der Waals surface area (Å²) in [6.07, 6.45) is 6.79. The standard InChI is InChI=1S/C18H19FN6O/c1-13-3-2-4-15(19)17(13)18(26)24-8-14(9-25-12-20-11-22-25)7-23-6-5-21-16(23)10-24/h2-6,11-12,14H,7-10H2,1H3. The van der Waals surface area contributed by atoms with Gasteiger partial charge in [-0.15, -0.1) is 0 Å². The highest BCUT2D eigenvalue weighted by atomic mass is 19.1. The number of hydrogen-bond donors (Lipinski definition) is 0. The van der Waals surface area contributed by atoms with Gasteiger partial charge in [0.1, 0.15) is 24.3 Å². The molecule has 0 saturated heterocycles. The van der Waals surface area contributed by atoms with E-state index in [9.17, 15) is 9.18 Å². The minimum absolute atomic E-state index is 0.114. The second kappa shape index (κ2) is 6.70. The number of carbonyl (C=O) groups excluding carboxylic acids is 1. The van der Waals surface area contributed by atoms with Gasteiger partial charge in [0.15, 0.2) is 0 Å². The van der Waals surface area contributed by atoms with Crippen molar-refractivity contribution in [2.75, 3.05) is 6.54 Å². The van der Waals surface area contributed by atoms with Crippen molar-refractivity contribution in [2.45, 2.75) is 26.6 Å². The van der Waals surface area contributed by atoms with Crippen molar-refractivity contribution in [2.24, 2.45) is 5.92 Å².